The van der Waals surface area contributed by atoms with E-state index in [0.717, 1.165) is 10.4 Å². The van der Waals surface area contributed by atoms with E-state index in [-0.39, 0.29) is 5.91 Å². The molecule has 0 atom stereocenters. The zero-order valence-electron chi connectivity index (χ0n) is 12.9. The Morgan fingerprint density at radius 2 is 2.16 bits per heavy atom. The van der Waals surface area contributed by atoms with Crippen molar-refractivity contribution in [2.45, 2.75) is 6.61 Å². The fraction of sp³-hybridized carbons (Fsp3) is 0.0588. The van der Waals surface area contributed by atoms with E-state index in [1.165, 1.54) is 23.7 Å². The summed E-state index contributed by atoms with van der Waals surface area (Å²) in [6, 6.07) is 10.7. The molecule has 0 saturated carbocycles. The molecule has 8 heteroatoms. The number of amides is 1. The van der Waals surface area contributed by atoms with Crippen LogP contribution >= 0.6 is 22.9 Å². The van der Waals surface area contributed by atoms with Crippen molar-refractivity contribution in [2.75, 3.05) is 0 Å². The predicted octanol–water partition coefficient (Wildman–Crippen LogP) is 3.53. The highest BCUT2D eigenvalue weighted by atomic mass is 35.5. The first kappa shape index (κ1) is 17.1. The van der Waals surface area contributed by atoms with E-state index in [9.17, 15) is 4.79 Å². The Morgan fingerprint density at radius 1 is 1.28 bits per heavy atom. The largest absolute Gasteiger partial charge is 0.487 e. The van der Waals surface area contributed by atoms with Gasteiger partial charge >= 0.3 is 0 Å². The summed E-state index contributed by atoms with van der Waals surface area (Å²) in [6.45, 7) is 0.358. The molecule has 2 heterocycles. The zero-order chi connectivity index (χ0) is 17.5. The second kappa shape index (κ2) is 8.36. The van der Waals surface area contributed by atoms with Crippen molar-refractivity contribution in [3.63, 3.8) is 0 Å². The van der Waals surface area contributed by atoms with E-state index in [2.05, 4.69) is 20.5 Å². The van der Waals surface area contributed by atoms with Gasteiger partial charge in [0.25, 0.3) is 5.91 Å². The summed E-state index contributed by atoms with van der Waals surface area (Å²) in [4.78, 5) is 20.7. The van der Waals surface area contributed by atoms with Gasteiger partial charge in [0.05, 0.1) is 16.7 Å². The number of hydrazone groups is 1. The molecule has 1 aromatic carbocycles. The molecule has 0 radical (unpaired) electrons. The van der Waals surface area contributed by atoms with Gasteiger partial charge in [0.2, 0.25) is 0 Å². The number of nitrogens with zero attached hydrogens (tertiary/aromatic N) is 3. The fourth-order valence-electron chi connectivity index (χ4n) is 1.94. The number of benzene rings is 1. The van der Waals surface area contributed by atoms with Gasteiger partial charge in [0.15, 0.2) is 4.47 Å². The highest BCUT2D eigenvalue weighted by molar-refractivity contribution is 7.15. The summed E-state index contributed by atoms with van der Waals surface area (Å²) in [5.41, 5.74) is 3.64. The minimum absolute atomic E-state index is 0.331. The Morgan fingerprint density at radius 3 is 2.92 bits per heavy atom. The van der Waals surface area contributed by atoms with Crippen molar-refractivity contribution in [3.8, 4) is 5.75 Å². The minimum atomic E-state index is -0.331. The average molecular weight is 373 g/mol. The van der Waals surface area contributed by atoms with Crippen LogP contribution in [0.1, 0.15) is 20.8 Å². The van der Waals surface area contributed by atoms with Gasteiger partial charge in [-0.15, -0.1) is 11.3 Å². The molecule has 0 fully saturated rings. The molecule has 1 N–H and O–H groups in total. The van der Waals surface area contributed by atoms with Gasteiger partial charge in [0.1, 0.15) is 12.4 Å². The SMILES string of the molecule is O=C(N/N=C/c1ccccc1OCc1cnc(Cl)s1)c1cccnc1. The summed E-state index contributed by atoms with van der Waals surface area (Å²) >= 11 is 7.17. The van der Waals surface area contributed by atoms with Crippen molar-refractivity contribution in [1.29, 1.82) is 0 Å². The van der Waals surface area contributed by atoms with Crippen LogP contribution in [0.3, 0.4) is 0 Å². The van der Waals surface area contributed by atoms with Crippen LogP contribution in [0.2, 0.25) is 4.47 Å². The number of para-hydroxylation sites is 1. The van der Waals surface area contributed by atoms with Crippen LogP contribution in [-0.2, 0) is 6.61 Å². The quantitative estimate of drug-likeness (QED) is 0.530. The molecule has 0 aliphatic heterocycles. The summed E-state index contributed by atoms with van der Waals surface area (Å²) in [5, 5.41) is 3.97. The van der Waals surface area contributed by atoms with E-state index >= 15 is 0 Å². The molecule has 3 aromatic rings. The number of nitrogens with one attached hydrogen (secondary N) is 1. The van der Waals surface area contributed by atoms with Gasteiger partial charge in [0, 0.05) is 24.2 Å². The molecular weight excluding hydrogens is 360 g/mol. The summed E-state index contributed by atoms with van der Waals surface area (Å²) in [5.74, 6) is 0.313. The monoisotopic (exact) mass is 372 g/mol. The van der Waals surface area contributed by atoms with Gasteiger partial charge in [-0.2, -0.15) is 5.10 Å². The molecule has 25 heavy (non-hydrogen) atoms. The molecule has 0 saturated heterocycles. The van der Waals surface area contributed by atoms with Gasteiger partial charge < -0.3 is 4.74 Å². The molecule has 0 bridgehead atoms. The molecular formula is C17H13ClN4O2S. The number of thiazole rings is 1. The lowest BCUT2D eigenvalue weighted by atomic mass is 10.2. The van der Waals surface area contributed by atoms with Gasteiger partial charge in [-0.1, -0.05) is 23.7 Å². The second-order valence-electron chi connectivity index (χ2n) is 4.85. The standard InChI is InChI=1S/C17H13ClN4O2S/c18-17-20-10-14(25-17)11-24-15-6-2-1-4-12(15)9-21-22-16(23)13-5-3-7-19-8-13/h1-10H,11H2,(H,22,23)/b21-9+. The maximum atomic E-state index is 11.9. The predicted molar refractivity (Wildman–Crippen MR) is 97.2 cm³/mol. The highest BCUT2D eigenvalue weighted by Gasteiger charge is 2.05. The van der Waals surface area contributed by atoms with Crippen LogP contribution in [0.25, 0.3) is 0 Å². The van der Waals surface area contributed by atoms with E-state index in [4.69, 9.17) is 16.3 Å². The lowest BCUT2D eigenvalue weighted by Gasteiger charge is -2.07. The van der Waals surface area contributed by atoms with Crippen molar-refractivity contribution >= 4 is 35.1 Å². The normalized spacial score (nSPS) is 10.8. The third-order valence-electron chi connectivity index (χ3n) is 3.11. The highest BCUT2D eigenvalue weighted by Crippen LogP contribution is 2.21. The number of aromatic nitrogens is 2. The number of hydrogen-bond acceptors (Lipinski definition) is 6. The number of pyridine rings is 1. The summed E-state index contributed by atoms with van der Waals surface area (Å²) in [6.07, 6.45) is 6.28. The lowest BCUT2D eigenvalue weighted by Crippen LogP contribution is -2.17. The number of carbonyl (C=O) groups excluding carboxylic acids is 1. The van der Waals surface area contributed by atoms with Crippen LogP contribution in [0.4, 0.5) is 0 Å². The lowest BCUT2D eigenvalue weighted by molar-refractivity contribution is 0.0954. The minimum Gasteiger partial charge on any atom is -0.487 e. The second-order valence-corrected chi connectivity index (χ2v) is 6.54. The maximum Gasteiger partial charge on any atom is 0.272 e. The Kier molecular flexibility index (Phi) is 5.71. The average Bonchev–Trinajstić information content (AvgIpc) is 3.07. The van der Waals surface area contributed by atoms with Crippen LogP contribution < -0.4 is 10.2 Å². The Hall–Kier alpha value is -2.77. The van der Waals surface area contributed by atoms with Crippen molar-refractivity contribution in [2.24, 2.45) is 5.10 Å². The maximum absolute atomic E-state index is 11.9. The van der Waals surface area contributed by atoms with E-state index in [0.29, 0.717) is 22.4 Å². The number of rotatable bonds is 6. The molecule has 0 spiro atoms. The first-order valence-electron chi connectivity index (χ1n) is 7.28. The molecule has 6 nitrogen and oxygen atoms in total. The van der Waals surface area contributed by atoms with Crippen LogP contribution in [0, 0.1) is 0 Å². The number of hydrogen-bond donors (Lipinski definition) is 1. The summed E-state index contributed by atoms with van der Waals surface area (Å²) < 4.78 is 6.25. The Bertz CT molecular complexity index is 883. The molecule has 126 valence electrons. The number of carbonyl (C=O) groups is 1. The molecule has 0 aliphatic carbocycles. The zero-order valence-corrected chi connectivity index (χ0v) is 14.5. The first-order valence-corrected chi connectivity index (χ1v) is 8.47. The molecule has 2 aromatic heterocycles. The van der Waals surface area contributed by atoms with Crippen LogP contribution in [0.15, 0.2) is 60.1 Å². The van der Waals surface area contributed by atoms with Gasteiger partial charge in [-0.3, -0.25) is 9.78 Å². The molecule has 1 amide bonds. The Balaban J connectivity index is 1.63. The number of ether oxygens (including phenoxy) is 1. The summed E-state index contributed by atoms with van der Waals surface area (Å²) in [7, 11) is 0. The molecule has 0 aliphatic rings. The Labute approximate surface area is 153 Å². The van der Waals surface area contributed by atoms with Crippen LogP contribution in [0.5, 0.6) is 5.75 Å². The van der Waals surface area contributed by atoms with E-state index < -0.39 is 0 Å². The first-order chi connectivity index (χ1) is 12.2. The fourth-order valence-corrected chi connectivity index (χ4v) is 2.83. The molecule has 3 rings (SSSR count). The van der Waals surface area contributed by atoms with E-state index in [1.807, 2.05) is 24.3 Å². The number of halogens is 1. The third kappa shape index (κ3) is 4.85. The van der Waals surface area contributed by atoms with Crippen LogP contribution in [-0.4, -0.2) is 22.1 Å². The third-order valence-corrected chi connectivity index (χ3v) is 4.20. The van der Waals surface area contributed by atoms with E-state index in [1.54, 1.807) is 24.5 Å². The topological polar surface area (TPSA) is 76.5 Å². The molecule has 0 unspecified atom stereocenters. The van der Waals surface area contributed by atoms with Crippen molar-refractivity contribution in [3.05, 3.63) is 75.5 Å². The van der Waals surface area contributed by atoms with Crippen molar-refractivity contribution in [1.82, 2.24) is 15.4 Å². The van der Waals surface area contributed by atoms with Gasteiger partial charge in [-0.25, -0.2) is 10.4 Å². The smallest absolute Gasteiger partial charge is 0.272 e. The van der Waals surface area contributed by atoms with Gasteiger partial charge in [-0.05, 0) is 24.3 Å². The van der Waals surface area contributed by atoms with Crippen molar-refractivity contribution < 1.29 is 9.53 Å².